The van der Waals surface area contributed by atoms with E-state index in [1.165, 1.54) is 25.4 Å². The molecule has 15 heteroatoms. The Morgan fingerprint density at radius 1 is 0.770 bits per heavy atom. The first-order chi connectivity index (χ1) is 29.5. The number of methoxy groups -OCH3 is 1. The van der Waals surface area contributed by atoms with Gasteiger partial charge in [0, 0.05) is 50.8 Å². The van der Waals surface area contributed by atoms with Crippen molar-refractivity contribution in [2.75, 3.05) is 37.9 Å². The van der Waals surface area contributed by atoms with E-state index >= 15 is 0 Å². The van der Waals surface area contributed by atoms with Crippen molar-refractivity contribution in [3.05, 3.63) is 142 Å². The van der Waals surface area contributed by atoms with Crippen LogP contribution in [0.1, 0.15) is 81.9 Å². The third kappa shape index (κ3) is 13.7. The Morgan fingerprint density at radius 3 is 2.20 bits per heavy atom. The standard InChI is InChI=1S/C46H49ClN6O8/c1-5-36(6-2)53(26-25-52(3)41(54)23-24-42(55)60-30-31-11-8-7-9-12-31)29-32-13-10-14-34(27-32)44(56)50-38-20-21-39(47)51-43(38)45(57)49-35-17-22-40(48-28-35)61-37-18-15-33(16-19-37)46(58)59-4/h7-22,27-28,36H,5-6,23-26,29-30H2,1-4H3,(H,49,57)(H,50,56). The number of pyridine rings is 2. The van der Waals surface area contributed by atoms with Crippen molar-refractivity contribution < 1.29 is 38.2 Å². The van der Waals surface area contributed by atoms with Gasteiger partial charge in [-0.2, -0.15) is 0 Å². The van der Waals surface area contributed by atoms with Gasteiger partial charge in [-0.15, -0.1) is 0 Å². The summed E-state index contributed by atoms with van der Waals surface area (Å²) in [6.07, 6.45) is 3.23. The van der Waals surface area contributed by atoms with E-state index in [2.05, 4.69) is 39.3 Å². The first-order valence-corrected chi connectivity index (χ1v) is 20.2. The molecule has 0 bridgehead atoms. The number of likely N-dealkylation sites (N-methyl/N-ethyl adjacent to an activating group) is 1. The van der Waals surface area contributed by atoms with Crippen LogP contribution in [0.3, 0.4) is 0 Å². The van der Waals surface area contributed by atoms with Gasteiger partial charge in [0.25, 0.3) is 11.8 Å². The quantitative estimate of drug-likeness (QED) is 0.0572. The third-order valence-corrected chi connectivity index (χ3v) is 9.99. The predicted octanol–water partition coefficient (Wildman–Crippen LogP) is 8.19. The lowest BCUT2D eigenvalue weighted by molar-refractivity contribution is -0.147. The molecule has 3 amide bonds. The largest absolute Gasteiger partial charge is 0.465 e. The van der Waals surface area contributed by atoms with E-state index in [1.807, 2.05) is 36.4 Å². The van der Waals surface area contributed by atoms with Gasteiger partial charge in [-0.1, -0.05) is 67.9 Å². The molecule has 0 aliphatic rings. The van der Waals surface area contributed by atoms with E-state index in [0.717, 1.165) is 24.0 Å². The minimum absolute atomic E-state index is 0.0000723. The molecule has 0 radical (unpaired) electrons. The number of aromatic nitrogens is 2. The Hall–Kier alpha value is -6.64. The maximum Gasteiger partial charge on any atom is 0.337 e. The zero-order valence-corrected chi connectivity index (χ0v) is 35.3. The lowest BCUT2D eigenvalue weighted by atomic mass is 10.1. The molecule has 5 aromatic rings. The molecule has 2 aromatic heterocycles. The minimum Gasteiger partial charge on any atom is -0.465 e. The second-order valence-electron chi connectivity index (χ2n) is 14.0. The van der Waals surface area contributed by atoms with Crippen molar-refractivity contribution in [2.45, 2.75) is 58.7 Å². The van der Waals surface area contributed by atoms with Gasteiger partial charge in [-0.25, -0.2) is 14.8 Å². The predicted molar refractivity (Wildman–Crippen MR) is 232 cm³/mol. The summed E-state index contributed by atoms with van der Waals surface area (Å²) >= 11 is 6.19. The molecular formula is C46H49ClN6O8. The molecule has 318 valence electrons. The second kappa shape index (κ2) is 22.7. The van der Waals surface area contributed by atoms with Crippen LogP contribution in [-0.2, 0) is 32.2 Å². The molecule has 0 aliphatic carbocycles. The number of nitrogens with one attached hydrogen (secondary N) is 2. The summed E-state index contributed by atoms with van der Waals surface area (Å²) in [4.78, 5) is 76.4. The van der Waals surface area contributed by atoms with Crippen LogP contribution in [0.25, 0.3) is 0 Å². The highest BCUT2D eigenvalue weighted by atomic mass is 35.5. The Labute approximate surface area is 360 Å². The molecule has 2 heterocycles. The normalized spacial score (nSPS) is 10.9. The van der Waals surface area contributed by atoms with Crippen molar-refractivity contribution >= 4 is 52.6 Å². The molecule has 61 heavy (non-hydrogen) atoms. The number of nitrogens with zero attached hydrogens (tertiary/aromatic N) is 4. The molecule has 0 spiro atoms. The van der Waals surface area contributed by atoms with E-state index < -0.39 is 23.8 Å². The van der Waals surface area contributed by atoms with Crippen LogP contribution in [0.5, 0.6) is 11.6 Å². The summed E-state index contributed by atoms with van der Waals surface area (Å²) in [5, 5.41) is 5.59. The summed E-state index contributed by atoms with van der Waals surface area (Å²) in [6.45, 7) is 5.95. The van der Waals surface area contributed by atoms with Gasteiger partial charge >= 0.3 is 11.9 Å². The number of esters is 2. The lowest BCUT2D eigenvalue weighted by Gasteiger charge is -2.32. The van der Waals surface area contributed by atoms with Crippen LogP contribution in [0.4, 0.5) is 11.4 Å². The van der Waals surface area contributed by atoms with Crippen LogP contribution < -0.4 is 15.4 Å². The van der Waals surface area contributed by atoms with Crippen LogP contribution >= 0.6 is 11.6 Å². The number of rotatable bonds is 20. The molecule has 0 saturated carbocycles. The molecule has 14 nitrogen and oxygen atoms in total. The van der Waals surface area contributed by atoms with Crippen molar-refractivity contribution in [1.29, 1.82) is 0 Å². The van der Waals surface area contributed by atoms with Gasteiger partial charge in [0.15, 0.2) is 5.69 Å². The molecule has 0 aliphatic heterocycles. The molecule has 0 fully saturated rings. The van der Waals surface area contributed by atoms with E-state index in [-0.39, 0.29) is 53.8 Å². The van der Waals surface area contributed by atoms with E-state index in [4.69, 9.17) is 25.8 Å². The second-order valence-corrected chi connectivity index (χ2v) is 14.4. The Morgan fingerprint density at radius 2 is 1.51 bits per heavy atom. The van der Waals surface area contributed by atoms with Gasteiger partial charge < -0.3 is 29.7 Å². The van der Waals surface area contributed by atoms with Crippen molar-refractivity contribution in [3.63, 3.8) is 0 Å². The topological polar surface area (TPSA) is 169 Å². The zero-order chi connectivity index (χ0) is 43.7. The van der Waals surface area contributed by atoms with Crippen LogP contribution in [0, 0.1) is 0 Å². The SMILES string of the molecule is CCC(CC)N(CCN(C)C(=O)CCC(=O)OCc1ccccc1)Cc1cccc(C(=O)Nc2ccc(Cl)nc2C(=O)Nc2ccc(Oc3ccc(C(=O)OC)cc3)nc2)c1. The molecular weight excluding hydrogens is 800 g/mol. The van der Waals surface area contributed by atoms with E-state index in [9.17, 15) is 24.0 Å². The number of anilines is 2. The number of halogens is 1. The highest BCUT2D eigenvalue weighted by molar-refractivity contribution is 6.29. The zero-order valence-electron chi connectivity index (χ0n) is 34.6. The highest BCUT2D eigenvalue weighted by Crippen LogP contribution is 2.24. The highest BCUT2D eigenvalue weighted by Gasteiger charge is 2.21. The first kappa shape index (κ1) is 45.4. The Balaban J connectivity index is 1.17. The number of carbonyl (C=O) groups is 5. The van der Waals surface area contributed by atoms with Gasteiger partial charge in [0.05, 0.1) is 36.7 Å². The average Bonchev–Trinajstić information content (AvgIpc) is 3.28. The van der Waals surface area contributed by atoms with Crippen LogP contribution in [-0.4, -0.2) is 82.7 Å². The number of hydrogen-bond donors (Lipinski definition) is 2. The maximum atomic E-state index is 13.6. The smallest absolute Gasteiger partial charge is 0.337 e. The fourth-order valence-corrected chi connectivity index (χ4v) is 6.51. The van der Waals surface area contributed by atoms with Gasteiger partial charge in [0.1, 0.15) is 17.5 Å². The van der Waals surface area contributed by atoms with Gasteiger partial charge in [0.2, 0.25) is 11.8 Å². The number of carbonyl (C=O) groups excluding carboxylic acids is 5. The Kier molecular flexibility index (Phi) is 16.9. The van der Waals surface area contributed by atoms with Crippen molar-refractivity contribution in [3.8, 4) is 11.6 Å². The third-order valence-electron chi connectivity index (χ3n) is 9.78. The first-order valence-electron chi connectivity index (χ1n) is 19.8. The van der Waals surface area contributed by atoms with E-state index in [0.29, 0.717) is 42.2 Å². The molecule has 0 unspecified atom stereocenters. The average molecular weight is 849 g/mol. The molecule has 5 rings (SSSR count). The summed E-state index contributed by atoms with van der Waals surface area (Å²) < 4.78 is 15.8. The minimum atomic E-state index is -0.632. The van der Waals surface area contributed by atoms with Crippen LogP contribution in [0.15, 0.2) is 109 Å². The fraction of sp³-hybridized carbons (Fsp3) is 0.283. The molecule has 2 N–H and O–H groups in total. The van der Waals surface area contributed by atoms with Crippen LogP contribution in [0.2, 0.25) is 5.15 Å². The molecule has 0 atom stereocenters. The fourth-order valence-electron chi connectivity index (χ4n) is 6.36. The number of benzene rings is 3. The summed E-state index contributed by atoms with van der Waals surface area (Å²) in [6, 6.07) is 29.3. The monoisotopic (exact) mass is 848 g/mol. The summed E-state index contributed by atoms with van der Waals surface area (Å²) in [5.41, 5.74) is 2.90. The molecule has 3 aromatic carbocycles. The number of hydrogen-bond acceptors (Lipinski definition) is 11. The van der Waals surface area contributed by atoms with E-state index in [1.54, 1.807) is 66.5 Å². The van der Waals surface area contributed by atoms with Crippen molar-refractivity contribution in [1.82, 2.24) is 19.8 Å². The number of amides is 3. The lowest BCUT2D eigenvalue weighted by Crippen LogP contribution is -2.41. The van der Waals surface area contributed by atoms with Gasteiger partial charge in [-0.3, -0.25) is 24.1 Å². The van der Waals surface area contributed by atoms with Gasteiger partial charge in [-0.05, 0) is 78.6 Å². The summed E-state index contributed by atoms with van der Waals surface area (Å²) in [5.74, 6) is -1.43. The Bertz CT molecular complexity index is 2270. The maximum absolute atomic E-state index is 13.6. The number of ether oxygens (including phenoxy) is 3. The molecule has 0 saturated heterocycles. The summed E-state index contributed by atoms with van der Waals surface area (Å²) in [7, 11) is 3.03. The van der Waals surface area contributed by atoms with Crippen molar-refractivity contribution in [2.24, 2.45) is 0 Å².